The number of rotatable bonds is 10. The SMILES string of the molecule is CCN(c1ccccc1)S(=O)(=O)c1cccc(C(=O)OCC(=O)NCCc2ccccc2)c1. The molecule has 0 unspecified atom stereocenters. The summed E-state index contributed by atoms with van der Waals surface area (Å²) in [4.78, 5) is 24.4. The molecule has 3 aromatic carbocycles. The van der Waals surface area contributed by atoms with Crippen molar-refractivity contribution in [2.75, 3.05) is 24.0 Å². The second-order valence-electron chi connectivity index (χ2n) is 7.19. The molecule has 0 bridgehead atoms. The van der Waals surface area contributed by atoms with Crippen LogP contribution < -0.4 is 9.62 Å². The summed E-state index contributed by atoms with van der Waals surface area (Å²) < 4.78 is 32.6. The Hall–Kier alpha value is -3.65. The molecular formula is C25H26N2O5S. The fourth-order valence-electron chi connectivity index (χ4n) is 3.25. The van der Waals surface area contributed by atoms with Gasteiger partial charge in [0.2, 0.25) is 0 Å². The van der Waals surface area contributed by atoms with Crippen molar-refractivity contribution in [1.29, 1.82) is 0 Å². The molecule has 172 valence electrons. The van der Waals surface area contributed by atoms with Gasteiger partial charge in [-0.1, -0.05) is 54.6 Å². The van der Waals surface area contributed by atoms with Gasteiger partial charge in [0.1, 0.15) is 0 Å². The van der Waals surface area contributed by atoms with Crippen molar-refractivity contribution in [3.05, 3.63) is 96.1 Å². The topological polar surface area (TPSA) is 92.8 Å². The van der Waals surface area contributed by atoms with Gasteiger partial charge in [0.25, 0.3) is 15.9 Å². The van der Waals surface area contributed by atoms with Crippen LogP contribution in [-0.2, 0) is 26.0 Å². The zero-order valence-electron chi connectivity index (χ0n) is 18.3. The monoisotopic (exact) mass is 466 g/mol. The summed E-state index contributed by atoms with van der Waals surface area (Å²) in [6.45, 7) is 1.93. The molecule has 0 heterocycles. The van der Waals surface area contributed by atoms with E-state index in [0.717, 1.165) is 5.56 Å². The predicted octanol–water partition coefficient (Wildman–Crippen LogP) is 3.42. The van der Waals surface area contributed by atoms with E-state index in [9.17, 15) is 18.0 Å². The highest BCUT2D eigenvalue weighted by atomic mass is 32.2. The molecular weight excluding hydrogens is 440 g/mol. The number of sulfonamides is 1. The maximum absolute atomic E-state index is 13.1. The number of para-hydroxylation sites is 1. The molecule has 7 nitrogen and oxygen atoms in total. The predicted molar refractivity (Wildman–Crippen MR) is 127 cm³/mol. The number of amides is 1. The van der Waals surface area contributed by atoms with Crippen molar-refractivity contribution in [3.8, 4) is 0 Å². The zero-order chi connectivity index (χ0) is 23.7. The molecule has 0 aliphatic rings. The quantitative estimate of drug-likeness (QED) is 0.462. The van der Waals surface area contributed by atoms with E-state index in [2.05, 4.69) is 5.32 Å². The highest BCUT2D eigenvalue weighted by Crippen LogP contribution is 2.24. The Labute approximate surface area is 194 Å². The molecule has 33 heavy (non-hydrogen) atoms. The van der Waals surface area contributed by atoms with Crippen molar-refractivity contribution in [1.82, 2.24) is 5.32 Å². The van der Waals surface area contributed by atoms with Gasteiger partial charge in [-0.25, -0.2) is 13.2 Å². The Morgan fingerprint density at radius 3 is 2.24 bits per heavy atom. The van der Waals surface area contributed by atoms with Gasteiger partial charge in [-0.2, -0.15) is 0 Å². The van der Waals surface area contributed by atoms with Crippen LogP contribution in [0.2, 0.25) is 0 Å². The highest BCUT2D eigenvalue weighted by molar-refractivity contribution is 7.92. The van der Waals surface area contributed by atoms with Crippen molar-refractivity contribution in [2.45, 2.75) is 18.2 Å². The third-order valence-corrected chi connectivity index (χ3v) is 6.80. The molecule has 3 aromatic rings. The first-order valence-corrected chi connectivity index (χ1v) is 12.0. The van der Waals surface area contributed by atoms with Crippen LogP contribution in [0.5, 0.6) is 0 Å². The number of esters is 1. The van der Waals surface area contributed by atoms with E-state index in [-0.39, 0.29) is 17.0 Å². The number of ether oxygens (including phenoxy) is 1. The Bertz CT molecular complexity index is 1180. The van der Waals surface area contributed by atoms with Gasteiger partial charge in [-0.15, -0.1) is 0 Å². The molecule has 0 aromatic heterocycles. The number of carbonyl (C=O) groups excluding carboxylic acids is 2. The first kappa shape index (κ1) is 24.0. The Balaban J connectivity index is 1.60. The first-order valence-electron chi connectivity index (χ1n) is 10.6. The molecule has 3 rings (SSSR count). The summed E-state index contributed by atoms with van der Waals surface area (Å²) in [5, 5.41) is 2.70. The van der Waals surface area contributed by atoms with Crippen LogP contribution in [0.25, 0.3) is 0 Å². The summed E-state index contributed by atoms with van der Waals surface area (Å²) in [5.41, 5.74) is 1.67. The van der Waals surface area contributed by atoms with Gasteiger partial charge in [0.15, 0.2) is 6.61 Å². The molecule has 1 amide bonds. The summed E-state index contributed by atoms with van der Waals surface area (Å²) in [6.07, 6.45) is 0.662. The summed E-state index contributed by atoms with van der Waals surface area (Å²) in [5.74, 6) is -1.20. The van der Waals surface area contributed by atoms with E-state index in [0.29, 0.717) is 18.7 Å². The Morgan fingerprint density at radius 1 is 0.909 bits per heavy atom. The van der Waals surface area contributed by atoms with Gasteiger partial charge in [-0.05, 0) is 49.2 Å². The Morgan fingerprint density at radius 2 is 1.58 bits per heavy atom. The van der Waals surface area contributed by atoms with E-state index in [4.69, 9.17) is 4.74 Å². The highest BCUT2D eigenvalue weighted by Gasteiger charge is 2.24. The van der Waals surface area contributed by atoms with E-state index in [1.165, 1.54) is 28.6 Å². The van der Waals surface area contributed by atoms with Gasteiger partial charge >= 0.3 is 5.97 Å². The summed E-state index contributed by atoms with van der Waals surface area (Å²) in [6, 6.07) is 24.0. The van der Waals surface area contributed by atoms with Crippen molar-refractivity contribution < 1.29 is 22.7 Å². The normalized spacial score (nSPS) is 10.9. The van der Waals surface area contributed by atoms with Crippen LogP contribution in [0, 0.1) is 0 Å². The van der Waals surface area contributed by atoms with Crippen LogP contribution in [-0.4, -0.2) is 40.0 Å². The van der Waals surface area contributed by atoms with E-state index in [1.807, 2.05) is 30.3 Å². The standard InChI is InChI=1S/C25H26N2O5S/c1-2-27(22-13-7-4-8-14-22)33(30,31)23-15-9-12-21(18-23)25(29)32-19-24(28)26-17-16-20-10-5-3-6-11-20/h3-15,18H,2,16-17,19H2,1H3,(H,26,28). The van der Waals surface area contributed by atoms with Crippen LogP contribution in [0.4, 0.5) is 5.69 Å². The average molecular weight is 467 g/mol. The molecule has 0 radical (unpaired) electrons. The number of benzene rings is 3. The minimum Gasteiger partial charge on any atom is -0.452 e. The molecule has 0 fully saturated rings. The maximum Gasteiger partial charge on any atom is 0.338 e. The number of hydrogen-bond acceptors (Lipinski definition) is 5. The van der Waals surface area contributed by atoms with Crippen molar-refractivity contribution in [2.24, 2.45) is 0 Å². The van der Waals surface area contributed by atoms with Gasteiger partial charge in [0, 0.05) is 13.1 Å². The fourth-order valence-corrected chi connectivity index (χ4v) is 4.77. The van der Waals surface area contributed by atoms with Gasteiger partial charge in [0.05, 0.1) is 16.1 Å². The fraction of sp³-hybridized carbons (Fsp3) is 0.200. The number of anilines is 1. The molecule has 0 spiro atoms. The minimum atomic E-state index is -3.88. The second kappa shape index (κ2) is 11.3. The van der Waals surface area contributed by atoms with Crippen LogP contribution in [0.15, 0.2) is 89.8 Å². The van der Waals surface area contributed by atoms with E-state index >= 15 is 0 Å². The summed E-state index contributed by atoms with van der Waals surface area (Å²) in [7, 11) is -3.88. The van der Waals surface area contributed by atoms with Crippen molar-refractivity contribution in [3.63, 3.8) is 0 Å². The molecule has 0 atom stereocenters. The van der Waals surface area contributed by atoms with Gasteiger partial charge < -0.3 is 10.1 Å². The minimum absolute atomic E-state index is 0.0324. The molecule has 0 aliphatic carbocycles. The lowest BCUT2D eigenvalue weighted by atomic mass is 10.1. The van der Waals surface area contributed by atoms with Gasteiger partial charge in [-0.3, -0.25) is 9.10 Å². The lowest BCUT2D eigenvalue weighted by molar-refractivity contribution is -0.124. The maximum atomic E-state index is 13.1. The van der Waals surface area contributed by atoms with Crippen LogP contribution >= 0.6 is 0 Å². The molecule has 0 saturated heterocycles. The Kier molecular flexibility index (Phi) is 8.21. The second-order valence-corrected chi connectivity index (χ2v) is 9.06. The number of nitrogens with one attached hydrogen (secondary N) is 1. The number of hydrogen-bond donors (Lipinski definition) is 1. The van der Waals surface area contributed by atoms with Crippen LogP contribution in [0.3, 0.4) is 0 Å². The molecule has 1 N–H and O–H groups in total. The van der Waals surface area contributed by atoms with E-state index in [1.54, 1.807) is 37.3 Å². The lowest BCUT2D eigenvalue weighted by Crippen LogP contribution is -2.31. The van der Waals surface area contributed by atoms with E-state index < -0.39 is 28.5 Å². The van der Waals surface area contributed by atoms with Crippen LogP contribution in [0.1, 0.15) is 22.8 Å². The third kappa shape index (κ3) is 6.43. The zero-order valence-corrected chi connectivity index (χ0v) is 19.1. The number of nitrogens with zero attached hydrogens (tertiary/aromatic N) is 1. The molecule has 0 aliphatic heterocycles. The average Bonchev–Trinajstić information content (AvgIpc) is 2.84. The lowest BCUT2D eigenvalue weighted by Gasteiger charge is -2.23. The number of carbonyl (C=O) groups is 2. The molecule has 0 saturated carbocycles. The largest absolute Gasteiger partial charge is 0.452 e. The first-order chi connectivity index (χ1) is 15.9. The molecule has 8 heteroatoms. The third-order valence-electron chi connectivity index (χ3n) is 4.90. The van der Waals surface area contributed by atoms with Crippen molar-refractivity contribution >= 4 is 27.6 Å². The summed E-state index contributed by atoms with van der Waals surface area (Å²) >= 11 is 0. The smallest absolute Gasteiger partial charge is 0.338 e.